The van der Waals surface area contributed by atoms with Gasteiger partial charge in [-0.3, -0.25) is 4.90 Å². The van der Waals surface area contributed by atoms with E-state index in [0.29, 0.717) is 30.1 Å². The highest BCUT2D eigenvalue weighted by Crippen LogP contribution is 2.59. The van der Waals surface area contributed by atoms with E-state index in [2.05, 4.69) is 37.5 Å². The van der Waals surface area contributed by atoms with Crippen molar-refractivity contribution < 1.29 is 15.3 Å². The largest absolute Gasteiger partial charge is 0.393 e. The van der Waals surface area contributed by atoms with Crippen molar-refractivity contribution in [3.8, 4) is 0 Å². The number of hydrogen-bond acceptors (Lipinski definition) is 4. The van der Waals surface area contributed by atoms with Gasteiger partial charge in [0.25, 0.3) is 0 Å². The van der Waals surface area contributed by atoms with E-state index in [1.165, 1.54) is 32.1 Å². The van der Waals surface area contributed by atoms with Gasteiger partial charge in [0.15, 0.2) is 0 Å². The quantitative estimate of drug-likeness (QED) is 0.544. The van der Waals surface area contributed by atoms with Crippen LogP contribution in [0.3, 0.4) is 0 Å². The number of allylic oxidation sites excluding steroid dienone is 3. The van der Waals surface area contributed by atoms with E-state index in [0.717, 1.165) is 43.0 Å². The Kier molecular flexibility index (Phi) is 7.32. The first-order chi connectivity index (χ1) is 15.5. The Balaban J connectivity index is 1.48. The smallest absolute Gasteiger partial charge is 0.0811 e. The van der Waals surface area contributed by atoms with E-state index in [-0.39, 0.29) is 6.04 Å². The molecule has 186 valence electrons. The molecule has 4 rings (SSSR count). The van der Waals surface area contributed by atoms with Crippen LogP contribution in [0.25, 0.3) is 0 Å². The molecule has 0 aromatic carbocycles. The van der Waals surface area contributed by atoms with Gasteiger partial charge in [-0.2, -0.15) is 0 Å². The summed E-state index contributed by atoms with van der Waals surface area (Å²) < 4.78 is 0. The highest BCUT2D eigenvalue weighted by molar-refractivity contribution is 5.38. The zero-order chi connectivity index (χ0) is 24.0. The van der Waals surface area contributed by atoms with Crippen LogP contribution >= 0.6 is 0 Å². The monoisotopic (exact) mass is 457 g/mol. The van der Waals surface area contributed by atoms with Gasteiger partial charge in [-0.15, -0.1) is 0 Å². The molecule has 4 aliphatic rings. The molecule has 1 saturated heterocycles. The second-order valence-corrected chi connectivity index (χ2v) is 12.4. The molecule has 3 N–H and O–H groups in total. The number of aliphatic hydroxyl groups excluding tert-OH is 2. The number of hydrogen-bond donors (Lipinski definition) is 3. The fourth-order valence-corrected chi connectivity index (χ4v) is 8.02. The second kappa shape index (κ2) is 9.60. The molecular weight excluding hydrogens is 410 g/mol. The van der Waals surface area contributed by atoms with Crippen molar-refractivity contribution in [3.05, 3.63) is 35.5 Å². The first-order valence-corrected chi connectivity index (χ1v) is 13.4. The summed E-state index contributed by atoms with van der Waals surface area (Å²) in [5, 5.41) is 30.9. The molecule has 33 heavy (non-hydrogen) atoms. The van der Waals surface area contributed by atoms with Gasteiger partial charge in [0.05, 0.1) is 17.8 Å². The third-order valence-corrected chi connectivity index (χ3v) is 9.69. The Morgan fingerprint density at radius 1 is 1.18 bits per heavy atom. The van der Waals surface area contributed by atoms with Gasteiger partial charge < -0.3 is 15.3 Å². The molecule has 3 aliphatic carbocycles. The van der Waals surface area contributed by atoms with Crippen molar-refractivity contribution in [2.24, 2.45) is 23.2 Å². The van der Waals surface area contributed by atoms with Crippen molar-refractivity contribution in [2.75, 3.05) is 13.1 Å². The van der Waals surface area contributed by atoms with E-state index >= 15 is 0 Å². The van der Waals surface area contributed by atoms with Gasteiger partial charge >= 0.3 is 0 Å². The second-order valence-electron chi connectivity index (χ2n) is 12.4. The van der Waals surface area contributed by atoms with Crippen LogP contribution in [0.5, 0.6) is 0 Å². The maximum Gasteiger partial charge on any atom is 0.0811 e. The third kappa shape index (κ3) is 5.05. The lowest BCUT2D eigenvalue weighted by molar-refractivity contribution is -0.0143. The van der Waals surface area contributed by atoms with Crippen LogP contribution in [0.15, 0.2) is 35.5 Å². The number of nitrogens with zero attached hydrogens (tertiary/aromatic N) is 1. The minimum Gasteiger partial charge on any atom is -0.393 e. The Hall–Kier alpha value is -0.940. The maximum absolute atomic E-state index is 10.7. The molecule has 1 heterocycles. The molecule has 4 nitrogen and oxygen atoms in total. The first-order valence-electron chi connectivity index (χ1n) is 13.4. The number of rotatable bonds is 5. The molecule has 0 bridgehead atoms. The SMILES string of the molecule is C=C1/C(=C\C=C2/CCC[C@]3(C)[C@@H]([C@H](C)CN4CCC[C@@H]4C(C)(C)O)CC[C@@H]23)CC(O)CC1O. The molecule has 3 saturated carbocycles. The minimum atomic E-state index is -0.628. The Morgan fingerprint density at radius 2 is 1.94 bits per heavy atom. The first kappa shape index (κ1) is 25.2. The summed E-state index contributed by atoms with van der Waals surface area (Å²) in [5.74, 6) is 1.98. The van der Waals surface area contributed by atoms with Crippen LogP contribution in [0, 0.1) is 23.2 Å². The normalized spacial score (nSPS) is 41.7. The van der Waals surface area contributed by atoms with Crippen LogP contribution in [0.2, 0.25) is 0 Å². The van der Waals surface area contributed by atoms with Crippen LogP contribution in [0.1, 0.15) is 85.5 Å². The number of likely N-dealkylation sites (tertiary alicyclic amines) is 1. The maximum atomic E-state index is 10.7. The van der Waals surface area contributed by atoms with Crippen LogP contribution < -0.4 is 0 Å². The van der Waals surface area contributed by atoms with E-state index < -0.39 is 17.8 Å². The topological polar surface area (TPSA) is 63.9 Å². The molecule has 7 atom stereocenters. The molecule has 0 amide bonds. The summed E-state index contributed by atoms with van der Waals surface area (Å²) in [6.07, 6.45) is 12.9. The van der Waals surface area contributed by atoms with E-state index in [9.17, 15) is 15.3 Å². The lowest BCUT2D eigenvalue weighted by Crippen LogP contribution is -2.48. The van der Waals surface area contributed by atoms with Gasteiger partial charge in [0, 0.05) is 19.0 Å². The average Bonchev–Trinajstić information content (AvgIpc) is 3.33. The van der Waals surface area contributed by atoms with Crippen LogP contribution in [-0.2, 0) is 0 Å². The van der Waals surface area contributed by atoms with Crippen molar-refractivity contribution in [1.29, 1.82) is 0 Å². The van der Waals surface area contributed by atoms with Gasteiger partial charge in [0.1, 0.15) is 0 Å². The fourth-order valence-electron chi connectivity index (χ4n) is 8.02. The molecular formula is C29H47NO3. The zero-order valence-electron chi connectivity index (χ0n) is 21.4. The lowest BCUT2D eigenvalue weighted by atomic mass is 9.61. The summed E-state index contributed by atoms with van der Waals surface area (Å²) in [7, 11) is 0. The molecule has 0 radical (unpaired) electrons. The van der Waals surface area contributed by atoms with Crippen molar-refractivity contribution >= 4 is 0 Å². The van der Waals surface area contributed by atoms with Crippen molar-refractivity contribution in [3.63, 3.8) is 0 Å². The predicted molar refractivity (Wildman–Crippen MR) is 135 cm³/mol. The predicted octanol–water partition coefficient (Wildman–Crippen LogP) is 5.00. The van der Waals surface area contributed by atoms with Crippen molar-refractivity contribution in [1.82, 2.24) is 4.90 Å². The molecule has 4 heteroatoms. The van der Waals surface area contributed by atoms with Crippen molar-refractivity contribution in [2.45, 2.75) is 109 Å². The van der Waals surface area contributed by atoms with E-state index in [1.807, 2.05) is 13.8 Å². The number of aliphatic hydroxyl groups is 3. The Morgan fingerprint density at radius 3 is 2.67 bits per heavy atom. The summed E-state index contributed by atoms with van der Waals surface area (Å²) >= 11 is 0. The van der Waals surface area contributed by atoms with Gasteiger partial charge in [-0.1, -0.05) is 38.2 Å². The molecule has 0 aromatic heterocycles. The summed E-state index contributed by atoms with van der Waals surface area (Å²) in [6.45, 7) is 15.2. The Labute approximate surface area is 201 Å². The highest BCUT2D eigenvalue weighted by Gasteiger charge is 2.51. The summed E-state index contributed by atoms with van der Waals surface area (Å²) in [5.41, 5.74) is 3.06. The fraction of sp³-hybridized carbons (Fsp3) is 0.793. The van der Waals surface area contributed by atoms with Crippen LogP contribution in [-0.4, -0.2) is 57.2 Å². The molecule has 0 aromatic rings. The van der Waals surface area contributed by atoms with Crippen LogP contribution in [0.4, 0.5) is 0 Å². The molecule has 1 aliphatic heterocycles. The average molecular weight is 458 g/mol. The molecule has 4 fully saturated rings. The Bertz CT molecular complexity index is 793. The lowest BCUT2D eigenvalue weighted by Gasteiger charge is -2.45. The summed E-state index contributed by atoms with van der Waals surface area (Å²) in [4.78, 5) is 2.57. The minimum absolute atomic E-state index is 0.285. The number of fused-ring (bicyclic) bond motifs is 1. The summed E-state index contributed by atoms with van der Waals surface area (Å²) in [6, 6.07) is 0.285. The third-order valence-electron chi connectivity index (χ3n) is 9.69. The van der Waals surface area contributed by atoms with E-state index in [4.69, 9.17) is 0 Å². The molecule has 0 spiro atoms. The van der Waals surface area contributed by atoms with Gasteiger partial charge in [-0.25, -0.2) is 0 Å². The van der Waals surface area contributed by atoms with Gasteiger partial charge in [-0.05, 0) is 106 Å². The highest BCUT2D eigenvalue weighted by atomic mass is 16.3. The standard InChI is InChI=1S/C29H47NO3/c1-19(18-30-15-7-9-27(30)28(3,4)33)24-12-13-25-21(8-6-14-29(24,25)5)10-11-22-16-23(31)17-26(32)20(22)2/h10-11,19,23-27,31-33H,2,6-9,12-18H2,1,3-5H3/b21-10+,22-11-/t19-,23?,24-,25+,26?,27-,29-/m1/s1. The molecule has 2 unspecified atom stereocenters. The van der Waals surface area contributed by atoms with Gasteiger partial charge in [0.2, 0.25) is 0 Å². The van der Waals surface area contributed by atoms with E-state index in [1.54, 1.807) is 5.57 Å². The zero-order valence-corrected chi connectivity index (χ0v) is 21.4.